The van der Waals surface area contributed by atoms with Crippen molar-refractivity contribution in [2.45, 2.75) is 88.2 Å². The number of hydrogen-bond donors (Lipinski definition) is 8. The van der Waals surface area contributed by atoms with E-state index in [9.17, 15) is 45.6 Å². The van der Waals surface area contributed by atoms with Crippen molar-refractivity contribution in [2.24, 2.45) is 0 Å². The number of hydrogen-bond acceptors (Lipinski definition) is 17. The van der Waals surface area contributed by atoms with Crippen LogP contribution in [0.4, 0.5) is 0 Å². The van der Waals surface area contributed by atoms with E-state index in [2.05, 4.69) is 0 Å². The first-order valence-electron chi connectivity index (χ1n) is 21.2. The SMILES string of the molecule is Cc1cc(O)c2c(=O)c(O[C@@H]3O[C@H](CO)[C@@H](O[C@@H]4O[C@H](CO)[C@H](O)[C@H](O)[C@H]4O)[C@H](O)[C@H]3O)c(-c3cc(OCc4ccccc4)c(OCc4ccccc4)c(OCc4ccccc4)c3)oc2c1. The molecule has 2 fully saturated rings. The van der Waals surface area contributed by atoms with Crippen LogP contribution in [0.5, 0.6) is 28.7 Å². The molecule has 0 unspecified atom stereocenters. The van der Waals surface area contributed by atoms with Gasteiger partial charge in [-0.3, -0.25) is 4.79 Å². The fourth-order valence-electron chi connectivity index (χ4n) is 7.75. The lowest BCUT2D eigenvalue weighted by Crippen LogP contribution is -2.65. The lowest BCUT2D eigenvalue weighted by atomic mass is 9.97. The number of aromatic hydroxyl groups is 1. The zero-order valence-electron chi connectivity index (χ0n) is 35.5. The summed E-state index contributed by atoms with van der Waals surface area (Å²) in [4.78, 5) is 14.7. The Hall–Kier alpha value is -6.09. The van der Waals surface area contributed by atoms with E-state index in [-0.39, 0.29) is 59.4 Å². The average Bonchev–Trinajstić information content (AvgIpc) is 3.33. The summed E-state index contributed by atoms with van der Waals surface area (Å²) in [6.45, 7) is 0.327. The first-order valence-corrected chi connectivity index (χ1v) is 21.2. The van der Waals surface area contributed by atoms with Crippen LogP contribution in [0.3, 0.4) is 0 Å². The quantitative estimate of drug-likeness (QED) is 0.0694. The van der Waals surface area contributed by atoms with Gasteiger partial charge in [0.1, 0.15) is 85.4 Å². The number of phenols is 1. The third kappa shape index (κ3) is 10.0. The van der Waals surface area contributed by atoms with Crippen molar-refractivity contribution < 1.29 is 78.4 Å². The van der Waals surface area contributed by atoms with Crippen LogP contribution in [0, 0.1) is 6.92 Å². The lowest BCUT2D eigenvalue weighted by Gasteiger charge is -2.45. The summed E-state index contributed by atoms with van der Waals surface area (Å²) in [7, 11) is 0. The fraction of sp³-hybridized carbons (Fsp3) is 0.327. The minimum atomic E-state index is -2.04. The molecule has 1 aromatic heterocycles. The lowest BCUT2D eigenvalue weighted by molar-refractivity contribution is -0.352. The summed E-state index contributed by atoms with van der Waals surface area (Å²) >= 11 is 0. The third-order valence-electron chi connectivity index (χ3n) is 11.3. The minimum absolute atomic E-state index is 0.0332. The van der Waals surface area contributed by atoms with Gasteiger partial charge in [-0.25, -0.2) is 0 Å². The van der Waals surface area contributed by atoms with Gasteiger partial charge in [-0.1, -0.05) is 91.0 Å². The van der Waals surface area contributed by atoms with E-state index in [0.29, 0.717) is 5.56 Å². The molecule has 0 bridgehead atoms. The summed E-state index contributed by atoms with van der Waals surface area (Å²) < 4.78 is 49.0. The van der Waals surface area contributed by atoms with Crippen molar-refractivity contribution in [3.8, 4) is 40.1 Å². The van der Waals surface area contributed by atoms with Gasteiger partial charge in [-0.2, -0.15) is 0 Å². The number of benzene rings is 5. The second-order valence-electron chi connectivity index (χ2n) is 16.0. The Kier molecular flexibility index (Phi) is 14.5. The van der Waals surface area contributed by atoms with Crippen LogP contribution in [0.15, 0.2) is 124 Å². The molecule has 0 aliphatic carbocycles. The van der Waals surface area contributed by atoms with Crippen LogP contribution >= 0.6 is 0 Å². The molecule has 10 atom stereocenters. The molecular formula is C49H50O17. The maximum atomic E-state index is 14.7. The molecule has 66 heavy (non-hydrogen) atoms. The van der Waals surface area contributed by atoms with Crippen molar-refractivity contribution in [1.82, 2.24) is 0 Å². The first-order chi connectivity index (χ1) is 31.9. The molecule has 2 aliphatic rings. The number of aryl methyl sites for hydroxylation is 1. The second-order valence-corrected chi connectivity index (χ2v) is 16.0. The van der Waals surface area contributed by atoms with Crippen LogP contribution in [-0.2, 0) is 34.0 Å². The van der Waals surface area contributed by atoms with Crippen molar-refractivity contribution in [1.29, 1.82) is 0 Å². The molecule has 348 valence electrons. The van der Waals surface area contributed by atoms with Gasteiger partial charge in [-0.15, -0.1) is 0 Å². The molecule has 3 heterocycles. The predicted octanol–water partition coefficient (Wildman–Crippen LogP) is 3.21. The molecule has 2 saturated heterocycles. The Morgan fingerprint density at radius 3 is 1.64 bits per heavy atom. The molecule has 2 aliphatic heterocycles. The van der Waals surface area contributed by atoms with Crippen molar-refractivity contribution in [3.63, 3.8) is 0 Å². The normalized spacial score (nSPS) is 25.3. The van der Waals surface area contributed by atoms with Crippen LogP contribution in [0.1, 0.15) is 22.3 Å². The molecule has 8 rings (SSSR count). The molecule has 0 radical (unpaired) electrons. The summed E-state index contributed by atoms with van der Waals surface area (Å²) in [5, 5.41) is 85.1. The Labute approximate surface area is 377 Å². The van der Waals surface area contributed by atoms with E-state index in [4.69, 9.17) is 37.6 Å². The Morgan fingerprint density at radius 2 is 1.09 bits per heavy atom. The average molecular weight is 911 g/mol. The van der Waals surface area contributed by atoms with Gasteiger partial charge < -0.3 is 78.4 Å². The fourth-order valence-corrected chi connectivity index (χ4v) is 7.75. The van der Waals surface area contributed by atoms with E-state index < -0.39 is 91.6 Å². The molecule has 0 spiro atoms. The van der Waals surface area contributed by atoms with Crippen molar-refractivity contribution in [3.05, 3.63) is 148 Å². The van der Waals surface area contributed by atoms with Gasteiger partial charge in [0.05, 0.1) is 13.2 Å². The number of aliphatic hydroxyl groups excluding tert-OH is 7. The van der Waals surface area contributed by atoms with E-state index >= 15 is 0 Å². The highest BCUT2D eigenvalue weighted by Crippen LogP contribution is 2.46. The van der Waals surface area contributed by atoms with E-state index in [1.165, 1.54) is 6.07 Å². The van der Waals surface area contributed by atoms with Gasteiger partial charge in [-0.05, 0) is 53.4 Å². The van der Waals surface area contributed by atoms with Crippen LogP contribution < -0.4 is 24.4 Å². The highest BCUT2D eigenvalue weighted by molar-refractivity contribution is 5.88. The molecule has 8 N–H and O–H groups in total. The number of aliphatic hydroxyl groups is 7. The topological polar surface area (TPSA) is 257 Å². The molecule has 17 nitrogen and oxygen atoms in total. The highest BCUT2D eigenvalue weighted by atomic mass is 16.7. The van der Waals surface area contributed by atoms with E-state index in [0.717, 1.165) is 16.7 Å². The van der Waals surface area contributed by atoms with Crippen LogP contribution in [-0.4, -0.2) is 115 Å². The Balaban J connectivity index is 1.21. The Bertz CT molecular complexity index is 2540. The molecule has 6 aromatic rings. The van der Waals surface area contributed by atoms with Crippen molar-refractivity contribution >= 4 is 11.0 Å². The summed E-state index contributed by atoms with van der Waals surface area (Å²) in [5.41, 5.74) is 2.26. The largest absolute Gasteiger partial charge is 0.507 e. The van der Waals surface area contributed by atoms with E-state index in [1.807, 2.05) is 91.0 Å². The van der Waals surface area contributed by atoms with Gasteiger partial charge in [0.25, 0.3) is 0 Å². The van der Waals surface area contributed by atoms with Gasteiger partial charge >= 0.3 is 0 Å². The van der Waals surface area contributed by atoms with Gasteiger partial charge in [0.2, 0.25) is 23.2 Å². The number of fused-ring (bicyclic) bond motifs is 1. The summed E-state index contributed by atoms with van der Waals surface area (Å²) in [5.74, 6) is -0.706. The standard InChI is InChI=1S/C49H50O17/c1-26-17-31(52)37-32(18-26)62-44(47(39(37)54)66-49-43(58)41(56)46(36(22-51)64-49)65-48-42(57)40(55)38(53)35(21-50)63-48)30-19-33(59-23-27-11-5-2-6-12-27)45(61-25-29-15-9-4-10-16-29)34(20-30)60-24-28-13-7-3-8-14-28/h2-20,35-36,38,40-43,46,48-53,55-58H,21-25H2,1H3/t35-,36-,38+,40+,41-,42-,43-,46-,48+,49+/m1/s1. The molecule has 0 saturated carbocycles. The maximum Gasteiger partial charge on any atom is 0.239 e. The zero-order chi connectivity index (χ0) is 46.5. The van der Waals surface area contributed by atoms with Crippen LogP contribution in [0.2, 0.25) is 0 Å². The highest BCUT2D eigenvalue weighted by Gasteiger charge is 2.51. The molecular weight excluding hydrogens is 861 g/mol. The van der Waals surface area contributed by atoms with Gasteiger partial charge in [0.15, 0.2) is 23.5 Å². The smallest absolute Gasteiger partial charge is 0.239 e. The van der Waals surface area contributed by atoms with Gasteiger partial charge in [0, 0.05) is 5.56 Å². The second kappa shape index (κ2) is 20.6. The third-order valence-corrected chi connectivity index (χ3v) is 11.3. The maximum absolute atomic E-state index is 14.7. The predicted molar refractivity (Wildman–Crippen MR) is 234 cm³/mol. The zero-order valence-corrected chi connectivity index (χ0v) is 35.5. The first kappa shape index (κ1) is 46.4. The van der Waals surface area contributed by atoms with Crippen molar-refractivity contribution in [2.75, 3.05) is 13.2 Å². The molecule has 0 amide bonds. The summed E-state index contributed by atoms with van der Waals surface area (Å²) in [6.07, 6.45) is -17.7. The molecule has 5 aromatic carbocycles. The van der Waals surface area contributed by atoms with E-state index in [1.54, 1.807) is 25.1 Å². The van der Waals surface area contributed by atoms with Crippen LogP contribution in [0.25, 0.3) is 22.3 Å². The number of rotatable bonds is 16. The number of phenolic OH excluding ortho intramolecular Hbond substituents is 1. The minimum Gasteiger partial charge on any atom is -0.507 e. The monoisotopic (exact) mass is 910 g/mol. The number of ether oxygens (including phenoxy) is 7. The summed E-state index contributed by atoms with van der Waals surface area (Å²) in [6, 6.07) is 34.2. The Morgan fingerprint density at radius 1 is 0.576 bits per heavy atom. The molecule has 17 heteroatoms.